The van der Waals surface area contributed by atoms with Crippen molar-refractivity contribution in [2.24, 2.45) is 0 Å². The van der Waals surface area contributed by atoms with Gasteiger partial charge in [0.05, 0.1) is 5.54 Å². The smallest absolute Gasteiger partial charge is 0.318 e. The molecule has 1 aromatic carbocycles. The topological polar surface area (TPSA) is 100 Å². The molecule has 0 radical (unpaired) electrons. The molecule has 0 saturated carbocycles. The van der Waals surface area contributed by atoms with Gasteiger partial charge >= 0.3 is 6.03 Å². The lowest BCUT2D eigenvalue weighted by molar-refractivity contribution is 0.0864. The average Bonchev–Trinajstić information content (AvgIpc) is 3.08. The fraction of sp³-hybridized carbons (Fsp3) is 0.318. The molecule has 0 unspecified atom stereocenters. The van der Waals surface area contributed by atoms with E-state index in [0.717, 1.165) is 41.3 Å². The fourth-order valence-corrected chi connectivity index (χ4v) is 4.38. The molecule has 9 heteroatoms. The number of fused-ring (bicyclic) bond motifs is 1. The fourth-order valence-electron chi connectivity index (χ4n) is 4.38. The average molecular weight is 418 g/mol. The number of nitrogens with one attached hydrogen (secondary N) is 1. The van der Waals surface area contributed by atoms with Gasteiger partial charge in [-0.2, -0.15) is 0 Å². The van der Waals surface area contributed by atoms with E-state index >= 15 is 0 Å². The van der Waals surface area contributed by atoms with E-state index in [2.05, 4.69) is 20.2 Å². The molecule has 1 N–H and O–H groups in total. The number of carbonyl (C=O) groups excluding carboxylic acids is 2. The summed E-state index contributed by atoms with van der Waals surface area (Å²) in [5, 5.41) is 4.65. The molecule has 2 aromatic heterocycles. The monoisotopic (exact) mass is 418 g/mol. The van der Waals surface area contributed by atoms with E-state index in [1.54, 1.807) is 24.7 Å². The Bertz CT molecular complexity index is 1200. The van der Waals surface area contributed by atoms with Crippen molar-refractivity contribution in [3.8, 4) is 0 Å². The van der Waals surface area contributed by atoms with Crippen LogP contribution >= 0.6 is 0 Å². The summed E-state index contributed by atoms with van der Waals surface area (Å²) in [4.78, 5) is 50.0. The molecule has 5 rings (SSSR count). The molecule has 2 fully saturated rings. The molecule has 2 amide bonds. The largest absolute Gasteiger partial charge is 0.341 e. The van der Waals surface area contributed by atoms with Crippen molar-refractivity contribution in [3.05, 3.63) is 65.3 Å². The number of anilines is 1. The lowest BCUT2D eigenvalue weighted by Crippen LogP contribution is -2.53. The summed E-state index contributed by atoms with van der Waals surface area (Å²) in [6.45, 7) is 1.73. The van der Waals surface area contributed by atoms with Gasteiger partial charge in [-0.3, -0.25) is 14.2 Å². The zero-order valence-electron chi connectivity index (χ0n) is 16.9. The van der Waals surface area contributed by atoms with Crippen LogP contribution in [0.2, 0.25) is 0 Å². The number of amides is 2. The molecule has 158 valence electrons. The molecule has 31 heavy (non-hydrogen) atoms. The van der Waals surface area contributed by atoms with Gasteiger partial charge in [0.25, 0.3) is 11.5 Å². The summed E-state index contributed by atoms with van der Waals surface area (Å²) in [6.07, 6.45) is 6.44. The third-order valence-electron chi connectivity index (χ3n) is 6.08. The molecular formula is C22H22N6O3. The minimum atomic E-state index is -0.418. The molecule has 1 spiro atoms. The first kappa shape index (κ1) is 19.2. The molecule has 9 nitrogen and oxygen atoms in total. The van der Waals surface area contributed by atoms with Crippen molar-refractivity contribution >= 4 is 28.7 Å². The summed E-state index contributed by atoms with van der Waals surface area (Å²) in [7, 11) is 0. The van der Waals surface area contributed by atoms with E-state index < -0.39 is 11.5 Å². The molecule has 4 heterocycles. The highest BCUT2D eigenvalue weighted by Gasteiger charge is 2.45. The number of urea groups is 1. The van der Waals surface area contributed by atoms with Crippen LogP contribution in [0.3, 0.4) is 0 Å². The van der Waals surface area contributed by atoms with Crippen LogP contribution in [0.1, 0.15) is 17.6 Å². The van der Waals surface area contributed by atoms with E-state index in [4.69, 9.17) is 0 Å². The van der Waals surface area contributed by atoms with Crippen LogP contribution in [0, 0.1) is 0 Å². The third kappa shape index (κ3) is 3.63. The number of rotatable bonds is 3. The van der Waals surface area contributed by atoms with Crippen molar-refractivity contribution < 1.29 is 9.59 Å². The first-order valence-electron chi connectivity index (χ1n) is 10.3. The number of pyridine rings is 1. The minimum Gasteiger partial charge on any atom is -0.341 e. The molecule has 2 aliphatic heterocycles. The predicted octanol–water partition coefficient (Wildman–Crippen LogP) is 1.50. The van der Waals surface area contributed by atoms with Crippen molar-refractivity contribution in [2.75, 3.05) is 31.1 Å². The van der Waals surface area contributed by atoms with Gasteiger partial charge in [0.15, 0.2) is 0 Å². The van der Waals surface area contributed by atoms with Crippen molar-refractivity contribution in [1.82, 2.24) is 24.8 Å². The summed E-state index contributed by atoms with van der Waals surface area (Å²) in [6, 6.07) is 10.3. The zero-order chi connectivity index (χ0) is 21.4. The lowest BCUT2D eigenvalue weighted by atomic mass is 9.88. The normalized spacial score (nSPS) is 17.9. The van der Waals surface area contributed by atoms with E-state index in [0.29, 0.717) is 12.5 Å². The highest BCUT2D eigenvalue weighted by molar-refractivity contribution is 5.90. The molecule has 2 saturated heterocycles. The van der Waals surface area contributed by atoms with Crippen LogP contribution in [0.4, 0.5) is 10.7 Å². The molecule has 0 atom stereocenters. The Balaban J connectivity index is 1.27. The molecule has 0 bridgehead atoms. The summed E-state index contributed by atoms with van der Waals surface area (Å²) < 4.78 is 1.09. The highest BCUT2D eigenvalue weighted by atomic mass is 16.2. The number of nitrogens with zero attached hydrogens (tertiary/aromatic N) is 5. The zero-order valence-corrected chi connectivity index (χ0v) is 16.9. The van der Waals surface area contributed by atoms with Gasteiger partial charge in [0, 0.05) is 44.3 Å². The van der Waals surface area contributed by atoms with Crippen molar-refractivity contribution in [2.45, 2.75) is 18.4 Å². The second kappa shape index (κ2) is 7.50. The van der Waals surface area contributed by atoms with Gasteiger partial charge in [0.2, 0.25) is 5.95 Å². The Hall–Kier alpha value is -3.75. The van der Waals surface area contributed by atoms with Crippen molar-refractivity contribution in [1.29, 1.82) is 0 Å². The number of benzene rings is 1. The van der Waals surface area contributed by atoms with E-state index in [1.807, 2.05) is 24.3 Å². The van der Waals surface area contributed by atoms with Gasteiger partial charge < -0.3 is 15.1 Å². The second-order valence-electron chi connectivity index (χ2n) is 8.11. The maximum Gasteiger partial charge on any atom is 0.318 e. The number of aromatic nitrogens is 3. The Morgan fingerprint density at radius 2 is 1.74 bits per heavy atom. The quantitative estimate of drug-likeness (QED) is 0.692. The standard InChI is InChI=1S/C22H22N6O3/c29-18-12-16-4-1-2-5-17(16)13-28(18)19(30)14-27-15-22(25-21(27)31)6-10-26(11-7-22)20-23-8-3-9-24-20/h1-5,8-9,12-13H,6-7,10-11,14-15H2,(H,25,31). The Labute approximate surface area is 178 Å². The summed E-state index contributed by atoms with van der Waals surface area (Å²) in [5.41, 5.74) is -0.772. The molecule has 0 aliphatic carbocycles. The van der Waals surface area contributed by atoms with Crippen LogP contribution in [-0.4, -0.2) is 63.1 Å². The second-order valence-corrected chi connectivity index (χ2v) is 8.11. The van der Waals surface area contributed by atoms with Gasteiger partial charge in [-0.1, -0.05) is 24.3 Å². The van der Waals surface area contributed by atoms with Crippen LogP contribution in [0.5, 0.6) is 0 Å². The minimum absolute atomic E-state index is 0.142. The lowest BCUT2D eigenvalue weighted by Gasteiger charge is -2.38. The first-order valence-corrected chi connectivity index (χ1v) is 10.3. The summed E-state index contributed by atoms with van der Waals surface area (Å²) in [5.74, 6) is 0.266. The van der Waals surface area contributed by atoms with Gasteiger partial charge in [-0.05, 0) is 29.7 Å². The number of hydrogen-bond acceptors (Lipinski definition) is 6. The Morgan fingerprint density at radius 1 is 1.03 bits per heavy atom. The van der Waals surface area contributed by atoms with Gasteiger partial charge in [0.1, 0.15) is 6.54 Å². The van der Waals surface area contributed by atoms with Gasteiger partial charge in [-0.25, -0.2) is 14.8 Å². The van der Waals surface area contributed by atoms with Crippen LogP contribution in [0.25, 0.3) is 10.8 Å². The summed E-state index contributed by atoms with van der Waals surface area (Å²) >= 11 is 0. The predicted molar refractivity (Wildman–Crippen MR) is 115 cm³/mol. The van der Waals surface area contributed by atoms with Crippen LogP contribution < -0.4 is 15.8 Å². The maximum atomic E-state index is 12.8. The molecular weight excluding hydrogens is 396 g/mol. The van der Waals surface area contributed by atoms with Crippen molar-refractivity contribution in [3.63, 3.8) is 0 Å². The highest BCUT2D eigenvalue weighted by Crippen LogP contribution is 2.29. The Morgan fingerprint density at radius 3 is 2.48 bits per heavy atom. The van der Waals surface area contributed by atoms with E-state index in [9.17, 15) is 14.4 Å². The van der Waals surface area contributed by atoms with Crippen LogP contribution in [-0.2, 0) is 0 Å². The number of hydrogen-bond donors (Lipinski definition) is 1. The van der Waals surface area contributed by atoms with E-state index in [-0.39, 0.29) is 18.1 Å². The van der Waals surface area contributed by atoms with Gasteiger partial charge in [-0.15, -0.1) is 0 Å². The SMILES string of the molecule is O=C1NC2(CCN(c3ncccn3)CC2)CN1CC(=O)n1cc2ccccc2cc1=O. The number of carbonyl (C=O) groups is 2. The molecule has 2 aliphatic rings. The van der Waals surface area contributed by atoms with E-state index in [1.165, 1.54) is 11.0 Å². The number of piperidine rings is 1. The first-order chi connectivity index (χ1) is 15.0. The maximum absolute atomic E-state index is 12.8. The van der Waals surface area contributed by atoms with Crippen LogP contribution in [0.15, 0.2) is 59.8 Å². The third-order valence-corrected chi connectivity index (χ3v) is 6.08. The Kier molecular flexibility index (Phi) is 4.65. The molecule has 3 aromatic rings.